The molecule has 0 unspecified atom stereocenters. The molecule has 2 saturated heterocycles. The third kappa shape index (κ3) is 4.56. The summed E-state index contributed by atoms with van der Waals surface area (Å²) in [4.78, 5) is 25.9. The Morgan fingerprint density at radius 2 is 1.93 bits per heavy atom. The summed E-state index contributed by atoms with van der Waals surface area (Å²) >= 11 is 6.42. The lowest BCUT2D eigenvalue weighted by Gasteiger charge is -2.62. The summed E-state index contributed by atoms with van der Waals surface area (Å²) in [5.41, 5.74) is 2.46. The molecule has 2 N–H and O–H groups in total. The van der Waals surface area contributed by atoms with Gasteiger partial charge in [0, 0.05) is 19.0 Å². The van der Waals surface area contributed by atoms with Crippen molar-refractivity contribution in [1.82, 2.24) is 24.8 Å². The molecule has 2 saturated carbocycles. The zero-order chi connectivity index (χ0) is 28.4. The summed E-state index contributed by atoms with van der Waals surface area (Å²) in [5, 5.41) is 6.91. The second-order valence-corrected chi connectivity index (χ2v) is 13.3. The number of amides is 1. The Balaban J connectivity index is 1.10. The van der Waals surface area contributed by atoms with Crippen LogP contribution in [0.25, 0.3) is 11.2 Å². The SMILES string of the molecule is COc1ccc(CNc2nc(Cl)nc3c2ncn3[C@@H]2CC[C@H]3[C@@H]4CC[C@H]5NC(=O)CC[C@]5(C)[C@H]4CC[C@]3(C)O2)cc1. The quantitative estimate of drug-likeness (QED) is 0.364. The summed E-state index contributed by atoms with van der Waals surface area (Å²) in [6.07, 6.45) is 9.77. The number of halogens is 1. The van der Waals surface area contributed by atoms with Crippen LogP contribution in [0.3, 0.4) is 0 Å². The summed E-state index contributed by atoms with van der Waals surface area (Å²) in [5.74, 6) is 3.45. The Bertz CT molecular complexity index is 1460. The number of carbonyl (C=O) groups is 1. The molecule has 2 aliphatic heterocycles. The van der Waals surface area contributed by atoms with E-state index in [2.05, 4.69) is 34.4 Å². The molecule has 1 aromatic carbocycles. The number of nitrogens with one attached hydrogen (secondary N) is 2. The molecule has 4 aliphatic rings. The third-order valence-electron chi connectivity index (χ3n) is 10.9. The highest BCUT2D eigenvalue weighted by Crippen LogP contribution is 2.61. The van der Waals surface area contributed by atoms with E-state index in [-0.39, 0.29) is 28.4 Å². The van der Waals surface area contributed by atoms with Crippen LogP contribution >= 0.6 is 11.6 Å². The largest absolute Gasteiger partial charge is 0.497 e. The highest BCUT2D eigenvalue weighted by Gasteiger charge is 2.59. The third-order valence-corrected chi connectivity index (χ3v) is 11.0. The number of hydrogen-bond donors (Lipinski definition) is 2. The molecule has 4 fully saturated rings. The number of nitrogens with zero attached hydrogens (tertiary/aromatic N) is 4. The van der Waals surface area contributed by atoms with Gasteiger partial charge in [0.1, 0.15) is 12.0 Å². The van der Waals surface area contributed by atoms with Crippen LogP contribution in [0.2, 0.25) is 5.28 Å². The number of rotatable bonds is 5. The number of piperidine rings is 1. The van der Waals surface area contributed by atoms with E-state index in [1.807, 2.05) is 35.2 Å². The van der Waals surface area contributed by atoms with E-state index in [1.165, 1.54) is 6.42 Å². The van der Waals surface area contributed by atoms with Crippen LogP contribution < -0.4 is 15.4 Å². The fourth-order valence-corrected chi connectivity index (χ4v) is 8.86. The summed E-state index contributed by atoms with van der Waals surface area (Å²) in [6, 6.07) is 8.23. The number of fused-ring (bicyclic) bond motifs is 6. The lowest BCUT2D eigenvalue weighted by atomic mass is 9.48. The summed E-state index contributed by atoms with van der Waals surface area (Å²) in [6.45, 7) is 5.33. The minimum absolute atomic E-state index is 0.154. The van der Waals surface area contributed by atoms with Gasteiger partial charge >= 0.3 is 0 Å². The Kier molecular flexibility index (Phi) is 6.65. The molecule has 7 atom stereocenters. The van der Waals surface area contributed by atoms with Gasteiger partial charge in [-0.3, -0.25) is 9.36 Å². The number of carbonyl (C=O) groups excluding carboxylic acids is 1. The molecule has 0 radical (unpaired) electrons. The van der Waals surface area contributed by atoms with Crippen LogP contribution in [-0.2, 0) is 16.1 Å². The molecule has 3 aromatic rings. The number of ether oxygens (including phenoxy) is 2. The molecule has 10 heteroatoms. The number of methoxy groups -OCH3 is 1. The first-order valence-electron chi connectivity index (χ1n) is 15.0. The fourth-order valence-electron chi connectivity index (χ4n) is 8.70. The van der Waals surface area contributed by atoms with Gasteiger partial charge in [-0.05, 0) is 104 Å². The van der Waals surface area contributed by atoms with Crippen LogP contribution in [-0.4, -0.2) is 44.2 Å². The zero-order valence-electron chi connectivity index (χ0n) is 24.0. The minimum Gasteiger partial charge on any atom is -0.497 e. The molecule has 218 valence electrons. The van der Waals surface area contributed by atoms with Gasteiger partial charge in [0.15, 0.2) is 17.0 Å². The van der Waals surface area contributed by atoms with Crippen LogP contribution in [0, 0.1) is 23.2 Å². The van der Waals surface area contributed by atoms with E-state index in [9.17, 15) is 4.79 Å². The molecule has 0 spiro atoms. The number of aromatic nitrogens is 4. The normalized spacial score (nSPS) is 34.7. The monoisotopic (exact) mass is 578 g/mol. The second kappa shape index (κ2) is 10.1. The maximum absolute atomic E-state index is 12.1. The van der Waals surface area contributed by atoms with Crippen molar-refractivity contribution in [2.24, 2.45) is 23.2 Å². The fraction of sp³-hybridized carbons (Fsp3) is 0.613. The molecular weight excluding hydrogens is 540 g/mol. The van der Waals surface area contributed by atoms with Crippen molar-refractivity contribution in [3.8, 4) is 5.75 Å². The van der Waals surface area contributed by atoms with E-state index < -0.39 is 0 Å². The molecule has 2 aliphatic carbocycles. The molecule has 7 rings (SSSR count). The molecule has 9 nitrogen and oxygen atoms in total. The van der Waals surface area contributed by atoms with Gasteiger partial charge in [-0.15, -0.1) is 0 Å². The average Bonchev–Trinajstić information content (AvgIpc) is 3.39. The predicted octanol–water partition coefficient (Wildman–Crippen LogP) is 5.89. The van der Waals surface area contributed by atoms with Crippen molar-refractivity contribution < 1.29 is 14.3 Å². The Labute approximate surface area is 245 Å². The lowest BCUT2D eigenvalue weighted by molar-refractivity contribution is -0.231. The molecule has 4 heterocycles. The van der Waals surface area contributed by atoms with Crippen molar-refractivity contribution in [3.05, 3.63) is 41.4 Å². The second-order valence-electron chi connectivity index (χ2n) is 12.9. The van der Waals surface area contributed by atoms with Gasteiger partial charge in [-0.25, -0.2) is 4.98 Å². The first-order valence-corrected chi connectivity index (χ1v) is 15.4. The van der Waals surface area contributed by atoms with Crippen molar-refractivity contribution in [2.75, 3.05) is 12.4 Å². The van der Waals surface area contributed by atoms with E-state index in [4.69, 9.17) is 26.1 Å². The van der Waals surface area contributed by atoms with Gasteiger partial charge in [-0.1, -0.05) is 19.1 Å². The zero-order valence-corrected chi connectivity index (χ0v) is 24.8. The number of benzene rings is 1. The topological polar surface area (TPSA) is 103 Å². The van der Waals surface area contributed by atoms with E-state index in [0.717, 1.165) is 49.8 Å². The molecule has 41 heavy (non-hydrogen) atoms. The summed E-state index contributed by atoms with van der Waals surface area (Å²) in [7, 11) is 1.66. The van der Waals surface area contributed by atoms with Gasteiger partial charge in [0.05, 0.1) is 19.0 Å². The van der Waals surface area contributed by atoms with E-state index >= 15 is 0 Å². The van der Waals surface area contributed by atoms with Crippen molar-refractivity contribution in [2.45, 2.75) is 89.6 Å². The first kappa shape index (κ1) is 27.0. The Hall–Kier alpha value is -2.91. The predicted molar refractivity (Wildman–Crippen MR) is 157 cm³/mol. The summed E-state index contributed by atoms with van der Waals surface area (Å²) < 4.78 is 14.3. The highest BCUT2D eigenvalue weighted by atomic mass is 35.5. The van der Waals surface area contributed by atoms with Gasteiger partial charge in [0.25, 0.3) is 0 Å². The number of imidazole rings is 1. The first-order chi connectivity index (χ1) is 19.8. The molecular formula is C31H39ClN6O3. The van der Waals surface area contributed by atoms with Crippen molar-refractivity contribution >= 4 is 34.5 Å². The standard InChI is InChI=1S/C31H39ClN6O3/c1-30-14-13-24(39)35-23(30)10-8-20-21(30)12-15-31(2)22(20)9-11-25(41-31)38-17-34-26-27(36-29(32)37-28(26)38)33-16-18-4-6-19(40-3)7-5-18/h4-7,17,20-23,25H,8-16H2,1-3H3,(H,35,39)(H,33,36,37)/t20-,21+,22+,23-,25+,30-,31+/m1/s1. The molecule has 1 amide bonds. The van der Waals surface area contributed by atoms with E-state index in [0.29, 0.717) is 53.7 Å². The highest BCUT2D eigenvalue weighted by molar-refractivity contribution is 6.28. The Morgan fingerprint density at radius 3 is 2.73 bits per heavy atom. The smallest absolute Gasteiger partial charge is 0.226 e. The number of anilines is 1. The van der Waals surface area contributed by atoms with Crippen LogP contribution in [0.5, 0.6) is 5.75 Å². The van der Waals surface area contributed by atoms with Gasteiger partial charge < -0.3 is 20.1 Å². The molecule has 0 bridgehead atoms. The van der Waals surface area contributed by atoms with Crippen molar-refractivity contribution in [3.63, 3.8) is 0 Å². The van der Waals surface area contributed by atoms with Gasteiger partial charge in [0.2, 0.25) is 11.2 Å². The average molecular weight is 579 g/mol. The van der Waals surface area contributed by atoms with E-state index in [1.54, 1.807) is 7.11 Å². The lowest BCUT2D eigenvalue weighted by Crippen LogP contribution is -2.63. The molecule has 2 aromatic heterocycles. The van der Waals surface area contributed by atoms with Crippen LogP contribution in [0.1, 0.15) is 77.0 Å². The van der Waals surface area contributed by atoms with Crippen LogP contribution in [0.15, 0.2) is 30.6 Å². The number of hydrogen-bond acceptors (Lipinski definition) is 7. The van der Waals surface area contributed by atoms with Crippen LogP contribution in [0.4, 0.5) is 5.82 Å². The maximum Gasteiger partial charge on any atom is 0.226 e. The van der Waals surface area contributed by atoms with Crippen molar-refractivity contribution in [1.29, 1.82) is 0 Å². The Morgan fingerprint density at radius 1 is 1.10 bits per heavy atom. The van der Waals surface area contributed by atoms with Gasteiger partial charge in [-0.2, -0.15) is 9.97 Å². The maximum atomic E-state index is 12.1. The minimum atomic E-state index is -0.200.